The van der Waals surface area contributed by atoms with Gasteiger partial charge in [-0.2, -0.15) is 0 Å². The van der Waals surface area contributed by atoms with Crippen LogP contribution in [-0.2, 0) is 6.54 Å². The van der Waals surface area contributed by atoms with Crippen molar-refractivity contribution < 1.29 is 0 Å². The predicted molar refractivity (Wildman–Crippen MR) is 63.4 cm³/mol. The van der Waals surface area contributed by atoms with E-state index in [1.807, 2.05) is 30.5 Å². The van der Waals surface area contributed by atoms with Crippen molar-refractivity contribution in [3.8, 4) is 0 Å². The maximum Gasteiger partial charge on any atom is 0.0946 e. The van der Waals surface area contributed by atoms with E-state index < -0.39 is 0 Å². The molecule has 0 atom stereocenters. The Morgan fingerprint density at radius 1 is 1.47 bits per heavy atom. The summed E-state index contributed by atoms with van der Waals surface area (Å²) in [4.78, 5) is 0. The summed E-state index contributed by atoms with van der Waals surface area (Å²) in [6.07, 6.45) is 0. The van der Waals surface area contributed by atoms with Gasteiger partial charge in [0.1, 0.15) is 0 Å². The first-order valence-corrected chi connectivity index (χ1v) is 5.73. The molecular formula is C10H10ClN3S. The fourth-order valence-electron chi connectivity index (χ4n) is 1.27. The molecule has 1 heterocycles. The molecular weight excluding hydrogens is 230 g/mol. The third kappa shape index (κ3) is 2.67. The van der Waals surface area contributed by atoms with Crippen molar-refractivity contribution >= 4 is 28.8 Å². The first-order valence-electron chi connectivity index (χ1n) is 4.51. The van der Waals surface area contributed by atoms with E-state index in [2.05, 4.69) is 14.9 Å². The second kappa shape index (κ2) is 4.59. The number of hydrogen-bond donors (Lipinski definition) is 1. The Kier molecular flexibility index (Phi) is 3.18. The van der Waals surface area contributed by atoms with Crippen LogP contribution in [0.1, 0.15) is 11.3 Å². The molecule has 0 saturated heterocycles. The zero-order valence-corrected chi connectivity index (χ0v) is 9.77. The van der Waals surface area contributed by atoms with Gasteiger partial charge in [-0.15, -0.1) is 5.10 Å². The Bertz CT molecular complexity index is 442. The van der Waals surface area contributed by atoms with Gasteiger partial charge in [-0.25, -0.2) is 0 Å². The summed E-state index contributed by atoms with van der Waals surface area (Å²) < 4.78 is 3.80. The van der Waals surface area contributed by atoms with Crippen molar-refractivity contribution in [2.45, 2.75) is 13.5 Å². The zero-order valence-electron chi connectivity index (χ0n) is 8.20. The maximum absolute atomic E-state index is 5.87. The highest BCUT2D eigenvalue weighted by molar-refractivity contribution is 7.03. The fraction of sp³-hybridized carbons (Fsp3) is 0.200. The largest absolute Gasteiger partial charge is 0.379 e. The summed E-state index contributed by atoms with van der Waals surface area (Å²) >= 11 is 7.23. The molecule has 0 radical (unpaired) electrons. The van der Waals surface area contributed by atoms with Crippen molar-refractivity contribution in [1.82, 2.24) is 9.59 Å². The van der Waals surface area contributed by atoms with Gasteiger partial charge in [0, 0.05) is 16.1 Å². The summed E-state index contributed by atoms with van der Waals surface area (Å²) in [5.74, 6) is 0. The summed E-state index contributed by atoms with van der Waals surface area (Å²) in [7, 11) is 0. The number of nitrogens with zero attached hydrogens (tertiary/aromatic N) is 2. The topological polar surface area (TPSA) is 37.8 Å². The quantitative estimate of drug-likeness (QED) is 0.895. The van der Waals surface area contributed by atoms with Gasteiger partial charge >= 0.3 is 0 Å². The molecule has 5 heteroatoms. The summed E-state index contributed by atoms with van der Waals surface area (Å²) in [5, 5.41) is 9.93. The number of aryl methyl sites for hydroxylation is 1. The molecule has 2 aromatic rings. The van der Waals surface area contributed by atoms with E-state index in [0.29, 0.717) is 6.54 Å². The lowest BCUT2D eigenvalue weighted by atomic mass is 10.2. The van der Waals surface area contributed by atoms with Crippen molar-refractivity contribution in [3.63, 3.8) is 0 Å². The molecule has 1 N–H and O–H groups in total. The zero-order chi connectivity index (χ0) is 10.7. The normalized spacial score (nSPS) is 10.3. The highest BCUT2D eigenvalue weighted by Gasteiger charge is 2.00. The molecule has 0 bridgehead atoms. The Hall–Kier alpha value is -1.13. The minimum atomic E-state index is 0.693. The number of rotatable bonds is 3. The molecule has 0 unspecified atom stereocenters. The summed E-state index contributed by atoms with van der Waals surface area (Å²) in [6.45, 7) is 2.71. The number of nitrogens with one attached hydrogen (secondary N) is 1. The van der Waals surface area contributed by atoms with Crippen LogP contribution in [0.5, 0.6) is 0 Å². The van der Waals surface area contributed by atoms with E-state index in [4.69, 9.17) is 11.6 Å². The van der Waals surface area contributed by atoms with Crippen LogP contribution in [-0.4, -0.2) is 9.59 Å². The van der Waals surface area contributed by atoms with E-state index in [0.717, 1.165) is 22.0 Å². The van der Waals surface area contributed by atoms with Gasteiger partial charge < -0.3 is 5.32 Å². The van der Waals surface area contributed by atoms with Crippen LogP contribution in [0.3, 0.4) is 0 Å². The molecule has 3 nitrogen and oxygen atoms in total. The Labute approximate surface area is 97.3 Å². The van der Waals surface area contributed by atoms with E-state index in [-0.39, 0.29) is 0 Å². The average Bonchev–Trinajstić information content (AvgIpc) is 2.69. The number of halogens is 1. The second-order valence-corrected chi connectivity index (χ2v) is 4.26. The molecule has 0 aliphatic carbocycles. The van der Waals surface area contributed by atoms with Crippen LogP contribution in [0.25, 0.3) is 0 Å². The van der Waals surface area contributed by atoms with Crippen molar-refractivity contribution in [2.75, 3.05) is 5.32 Å². The lowest BCUT2D eigenvalue weighted by molar-refractivity contribution is 0.997. The van der Waals surface area contributed by atoms with Gasteiger partial charge in [-0.05, 0) is 42.2 Å². The van der Waals surface area contributed by atoms with E-state index >= 15 is 0 Å². The van der Waals surface area contributed by atoms with Gasteiger partial charge in [0.05, 0.1) is 12.2 Å². The highest BCUT2D eigenvalue weighted by atomic mass is 35.5. The minimum Gasteiger partial charge on any atom is -0.379 e. The van der Waals surface area contributed by atoms with Gasteiger partial charge in [0.15, 0.2) is 0 Å². The molecule has 78 valence electrons. The Morgan fingerprint density at radius 3 is 3.00 bits per heavy atom. The Balaban J connectivity index is 2.05. The average molecular weight is 240 g/mol. The van der Waals surface area contributed by atoms with Crippen molar-refractivity contribution in [2.24, 2.45) is 0 Å². The van der Waals surface area contributed by atoms with E-state index in [1.54, 1.807) is 0 Å². The molecule has 0 aliphatic heterocycles. The SMILES string of the molecule is Cc1cc(Cl)ccc1NCc1csnn1. The highest BCUT2D eigenvalue weighted by Crippen LogP contribution is 2.19. The first-order chi connectivity index (χ1) is 7.25. The lowest BCUT2D eigenvalue weighted by Gasteiger charge is -2.07. The lowest BCUT2D eigenvalue weighted by Crippen LogP contribution is -2.01. The van der Waals surface area contributed by atoms with Crippen LogP contribution >= 0.6 is 23.1 Å². The van der Waals surface area contributed by atoms with E-state index in [9.17, 15) is 0 Å². The molecule has 1 aromatic heterocycles. The smallest absolute Gasteiger partial charge is 0.0946 e. The van der Waals surface area contributed by atoms with Crippen LogP contribution in [0, 0.1) is 6.92 Å². The van der Waals surface area contributed by atoms with Gasteiger partial charge in [-0.3, -0.25) is 0 Å². The molecule has 0 aliphatic rings. The van der Waals surface area contributed by atoms with Gasteiger partial charge in [0.2, 0.25) is 0 Å². The minimum absolute atomic E-state index is 0.693. The van der Waals surface area contributed by atoms with Crippen molar-refractivity contribution in [1.29, 1.82) is 0 Å². The predicted octanol–water partition coefficient (Wildman–Crippen LogP) is 3.11. The molecule has 2 rings (SSSR count). The number of anilines is 1. The number of aromatic nitrogens is 2. The summed E-state index contributed by atoms with van der Waals surface area (Å²) in [6, 6.07) is 5.77. The Morgan fingerprint density at radius 2 is 2.33 bits per heavy atom. The summed E-state index contributed by atoms with van der Waals surface area (Å²) in [5.41, 5.74) is 3.16. The molecule has 0 saturated carbocycles. The standard InChI is InChI=1S/C10H10ClN3S/c1-7-4-8(11)2-3-10(7)12-5-9-6-15-14-13-9/h2-4,6,12H,5H2,1H3. The monoisotopic (exact) mass is 239 g/mol. The van der Waals surface area contributed by atoms with Gasteiger partial charge in [-0.1, -0.05) is 16.1 Å². The van der Waals surface area contributed by atoms with Crippen LogP contribution in [0.15, 0.2) is 23.6 Å². The second-order valence-electron chi connectivity index (χ2n) is 3.21. The molecule has 0 spiro atoms. The van der Waals surface area contributed by atoms with Gasteiger partial charge in [0.25, 0.3) is 0 Å². The van der Waals surface area contributed by atoms with Crippen molar-refractivity contribution in [3.05, 3.63) is 39.9 Å². The fourth-order valence-corrected chi connectivity index (χ4v) is 1.95. The molecule has 0 amide bonds. The maximum atomic E-state index is 5.87. The molecule has 15 heavy (non-hydrogen) atoms. The third-order valence-corrected chi connectivity index (χ3v) is 2.84. The number of hydrogen-bond acceptors (Lipinski definition) is 4. The van der Waals surface area contributed by atoms with E-state index in [1.165, 1.54) is 11.5 Å². The van der Waals surface area contributed by atoms with Crippen LogP contribution in [0.4, 0.5) is 5.69 Å². The third-order valence-electron chi connectivity index (χ3n) is 2.05. The van der Waals surface area contributed by atoms with Crippen LogP contribution < -0.4 is 5.32 Å². The molecule has 0 fully saturated rings. The molecule has 1 aromatic carbocycles. The first kappa shape index (κ1) is 10.4. The number of benzene rings is 1. The van der Waals surface area contributed by atoms with Crippen LogP contribution in [0.2, 0.25) is 5.02 Å².